The van der Waals surface area contributed by atoms with Crippen LogP contribution < -0.4 is 20.1 Å². The molecular formula is C25H25N3O3. The molecule has 0 fully saturated rings. The summed E-state index contributed by atoms with van der Waals surface area (Å²) in [6.45, 7) is 4.56. The molecule has 6 nitrogen and oxygen atoms in total. The van der Waals surface area contributed by atoms with E-state index in [0.717, 1.165) is 11.3 Å². The van der Waals surface area contributed by atoms with Crippen LogP contribution in [0.25, 0.3) is 0 Å². The van der Waals surface area contributed by atoms with Crippen molar-refractivity contribution in [3.8, 4) is 17.6 Å². The second-order valence-electron chi connectivity index (χ2n) is 6.91. The van der Waals surface area contributed by atoms with Gasteiger partial charge in [0.2, 0.25) is 5.91 Å². The molecule has 0 saturated heterocycles. The smallest absolute Gasteiger partial charge is 0.246 e. The highest BCUT2D eigenvalue weighted by Crippen LogP contribution is 2.24. The molecule has 3 aromatic carbocycles. The van der Waals surface area contributed by atoms with Crippen molar-refractivity contribution < 1.29 is 14.3 Å². The number of anilines is 2. The van der Waals surface area contributed by atoms with Crippen LogP contribution in [0.15, 0.2) is 72.8 Å². The fourth-order valence-electron chi connectivity index (χ4n) is 2.98. The fraction of sp³-hybridized carbons (Fsp3) is 0.200. The van der Waals surface area contributed by atoms with Gasteiger partial charge in [-0.3, -0.25) is 4.79 Å². The van der Waals surface area contributed by atoms with Crippen LogP contribution >= 0.6 is 0 Å². The molecule has 0 heterocycles. The Labute approximate surface area is 182 Å². The van der Waals surface area contributed by atoms with Crippen molar-refractivity contribution >= 4 is 17.3 Å². The van der Waals surface area contributed by atoms with Crippen LogP contribution in [0.1, 0.15) is 25.0 Å². The van der Waals surface area contributed by atoms with Gasteiger partial charge < -0.3 is 20.1 Å². The zero-order valence-electron chi connectivity index (χ0n) is 17.6. The number of carbonyl (C=O) groups excluding carboxylic acids is 1. The Hall–Kier alpha value is -3.98. The van der Waals surface area contributed by atoms with E-state index < -0.39 is 6.04 Å². The summed E-state index contributed by atoms with van der Waals surface area (Å²) >= 11 is 0. The van der Waals surface area contributed by atoms with E-state index in [0.29, 0.717) is 36.0 Å². The van der Waals surface area contributed by atoms with E-state index in [1.165, 1.54) is 0 Å². The number of nitrogens with zero attached hydrogens (tertiary/aromatic N) is 1. The third-order valence-corrected chi connectivity index (χ3v) is 4.52. The van der Waals surface area contributed by atoms with Gasteiger partial charge in [0.25, 0.3) is 0 Å². The summed E-state index contributed by atoms with van der Waals surface area (Å²) in [4.78, 5) is 12.6. The Morgan fingerprint density at radius 3 is 2.65 bits per heavy atom. The molecule has 0 bridgehead atoms. The summed E-state index contributed by atoms with van der Waals surface area (Å²) in [6.07, 6.45) is 0. The highest BCUT2D eigenvalue weighted by Gasteiger charge is 2.15. The molecule has 0 saturated carbocycles. The Morgan fingerprint density at radius 2 is 1.84 bits per heavy atom. The van der Waals surface area contributed by atoms with Crippen LogP contribution in [-0.2, 0) is 11.4 Å². The molecule has 0 aromatic heterocycles. The second-order valence-corrected chi connectivity index (χ2v) is 6.91. The highest BCUT2D eigenvalue weighted by atomic mass is 16.5. The molecule has 0 aliphatic heterocycles. The van der Waals surface area contributed by atoms with Gasteiger partial charge in [-0.1, -0.05) is 30.3 Å². The lowest BCUT2D eigenvalue weighted by Crippen LogP contribution is -2.32. The lowest BCUT2D eigenvalue weighted by atomic mass is 10.1. The van der Waals surface area contributed by atoms with Crippen LogP contribution in [0.2, 0.25) is 0 Å². The lowest BCUT2D eigenvalue weighted by molar-refractivity contribution is -0.116. The predicted molar refractivity (Wildman–Crippen MR) is 121 cm³/mol. The average molecular weight is 415 g/mol. The Bertz CT molecular complexity index is 1080. The van der Waals surface area contributed by atoms with Crippen LogP contribution in [0, 0.1) is 11.3 Å². The third kappa shape index (κ3) is 6.25. The third-order valence-electron chi connectivity index (χ3n) is 4.52. The van der Waals surface area contributed by atoms with Gasteiger partial charge in [0.15, 0.2) is 0 Å². The van der Waals surface area contributed by atoms with E-state index in [9.17, 15) is 4.79 Å². The number of ether oxygens (including phenoxy) is 2. The molecule has 0 radical (unpaired) electrons. The minimum absolute atomic E-state index is 0.174. The number of nitriles is 1. The summed E-state index contributed by atoms with van der Waals surface area (Å²) in [5.74, 6) is 1.13. The molecule has 1 unspecified atom stereocenters. The number of hydrogen-bond donors (Lipinski definition) is 2. The Kier molecular flexibility index (Phi) is 7.50. The minimum Gasteiger partial charge on any atom is -0.492 e. The van der Waals surface area contributed by atoms with Crippen LogP contribution in [0.4, 0.5) is 11.4 Å². The molecule has 158 valence electrons. The van der Waals surface area contributed by atoms with Crippen LogP contribution in [-0.4, -0.2) is 18.6 Å². The van der Waals surface area contributed by atoms with E-state index in [4.69, 9.17) is 14.7 Å². The lowest BCUT2D eigenvalue weighted by Gasteiger charge is -2.17. The van der Waals surface area contributed by atoms with Gasteiger partial charge in [-0.05, 0) is 55.8 Å². The van der Waals surface area contributed by atoms with Crippen molar-refractivity contribution in [3.63, 3.8) is 0 Å². The van der Waals surface area contributed by atoms with E-state index in [1.807, 2.05) is 67.6 Å². The monoisotopic (exact) mass is 415 g/mol. The molecule has 1 amide bonds. The van der Waals surface area contributed by atoms with Gasteiger partial charge in [0, 0.05) is 11.8 Å². The Morgan fingerprint density at radius 1 is 1.03 bits per heavy atom. The largest absolute Gasteiger partial charge is 0.492 e. The standard InChI is InChI=1S/C25H25N3O3/c1-3-30-24-13-5-4-12-23(24)28-25(29)18(2)27-21-10-7-11-22(15-21)31-17-20-9-6-8-19(14-20)16-26/h4-15,18,27H,3,17H2,1-2H3,(H,28,29). The van der Waals surface area contributed by atoms with Crippen molar-refractivity contribution in [2.75, 3.05) is 17.2 Å². The summed E-state index contributed by atoms with van der Waals surface area (Å²) in [7, 11) is 0. The molecule has 2 N–H and O–H groups in total. The van der Waals surface area contributed by atoms with E-state index in [-0.39, 0.29) is 5.91 Å². The average Bonchev–Trinajstić information content (AvgIpc) is 2.79. The topological polar surface area (TPSA) is 83.4 Å². The van der Waals surface area contributed by atoms with E-state index in [2.05, 4.69) is 16.7 Å². The number of amides is 1. The molecule has 3 rings (SSSR count). The summed E-state index contributed by atoms with van der Waals surface area (Å²) in [6, 6.07) is 23.7. The van der Waals surface area contributed by atoms with Crippen molar-refractivity contribution in [1.82, 2.24) is 0 Å². The number of rotatable bonds is 9. The maximum absolute atomic E-state index is 12.6. The number of carbonyl (C=O) groups is 1. The molecule has 6 heteroatoms. The van der Waals surface area contributed by atoms with Crippen LogP contribution in [0.3, 0.4) is 0 Å². The molecule has 0 aliphatic rings. The predicted octanol–water partition coefficient (Wildman–Crippen LogP) is 4.98. The summed E-state index contributed by atoms with van der Waals surface area (Å²) < 4.78 is 11.4. The first-order valence-electron chi connectivity index (χ1n) is 10.1. The molecular weight excluding hydrogens is 390 g/mol. The second kappa shape index (κ2) is 10.7. The van der Waals surface area contributed by atoms with Crippen molar-refractivity contribution in [2.24, 2.45) is 0 Å². The molecule has 1 atom stereocenters. The number of hydrogen-bond acceptors (Lipinski definition) is 5. The molecule has 3 aromatic rings. The van der Waals surface area contributed by atoms with Crippen molar-refractivity contribution in [1.29, 1.82) is 5.26 Å². The normalized spacial score (nSPS) is 11.1. The number of nitrogens with one attached hydrogen (secondary N) is 2. The maximum Gasteiger partial charge on any atom is 0.246 e. The van der Waals surface area contributed by atoms with Gasteiger partial charge in [-0.15, -0.1) is 0 Å². The SMILES string of the molecule is CCOc1ccccc1NC(=O)C(C)Nc1cccc(OCc2cccc(C#N)c2)c1. The first-order valence-corrected chi connectivity index (χ1v) is 10.1. The Balaban J connectivity index is 1.59. The van der Waals surface area contributed by atoms with Gasteiger partial charge in [-0.2, -0.15) is 5.26 Å². The maximum atomic E-state index is 12.6. The highest BCUT2D eigenvalue weighted by molar-refractivity contribution is 5.97. The summed E-state index contributed by atoms with van der Waals surface area (Å²) in [5.41, 5.74) is 2.92. The fourth-order valence-corrected chi connectivity index (χ4v) is 2.98. The van der Waals surface area contributed by atoms with Gasteiger partial charge in [0.1, 0.15) is 24.1 Å². The van der Waals surface area contributed by atoms with E-state index in [1.54, 1.807) is 19.1 Å². The zero-order chi connectivity index (χ0) is 22.1. The van der Waals surface area contributed by atoms with E-state index >= 15 is 0 Å². The first-order chi connectivity index (χ1) is 15.1. The van der Waals surface area contributed by atoms with Crippen molar-refractivity contribution in [3.05, 3.63) is 83.9 Å². The molecule has 31 heavy (non-hydrogen) atoms. The van der Waals surface area contributed by atoms with Crippen LogP contribution in [0.5, 0.6) is 11.5 Å². The van der Waals surface area contributed by atoms with Gasteiger partial charge in [0.05, 0.1) is 23.9 Å². The first kappa shape index (κ1) is 21.7. The van der Waals surface area contributed by atoms with Gasteiger partial charge in [-0.25, -0.2) is 0 Å². The zero-order valence-corrected chi connectivity index (χ0v) is 17.6. The minimum atomic E-state index is -0.475. The quantitative estimate of drug-likeness (QED) is 0.515. The summed E-state index contributed by atoms with van der Waals surface area (Å²) in [5, 5.41) is 15.1. The molecule has 0 aliphatic carbocycles. The van der Waals surface area contributed by atoms with Gasteiger partial charge >= 0.3 is 0 Å². The number of benzene rings is 3. The molecule has 0 spiro atoms. The number of para-hydroxylation sites is 2. The van der Waals surface area contributed by atoms with Crippen molar-refractivity contribution in [2.45, 2.75) is 26.5 Å².